The summed E-state index contributed by atoms with van der Waals surface area (Å²) in [6, 6.07) is 2.94. The Labute approximate surface area is 119 Å². The summed E-state index contributed by atoms with van der Waals surface area (Å²) < 4.78 is 56.1. The molecule has 0 spiro atoms. The molecule has 112 valence electrons. The van der Waals surface area contributed by atoms with E-state index in [-0.39, 0.29) is 29.6 Å². The van der Waals surface area contributed by atoms with Crippen molar-refractivity contribution < 1.29 is 22.3 Å². The van der Waals surface area contributed by atoms with E-state index in [0.717, 1.165) is 0 Å². The third-order valence-corrected chi connectivity index (χ3v) is 3.45. The summed E-state index contributed by atoms with van der Waals surface area (Å²) in [4.78, 5) is 1.22. The number of likely N-dealkylation sites (tertiary alicyclic amines) is 1. The van der Waals surface area contributed by atoms with E-state index in [0.29, 0.717) is 12.4 Å². The molecule has 0 amide bonds. The molecule has 0 bridgehead atoms. The Balaban J connectivity index is 2.12. The molecule has 1 heterocycles. The predicted molar refractivity (Wildman–Crippen MR) is 67.8 cm³/mol. The molecule has 2 nitrogen and oxygen atoms in total. The lowest BCUT2D eigenvalue weighted by Crippen LogP contribution is -2.49. The molecule has 1 aliphatic heterocycles. The molecule has 1 saturated heterocycles. The van der Waals surface area contributed by atoms with Crippen LogP contribution in [0.1, 0.15) is 18.4 Å². The molecule has 1 aromatic rings. The van der Waals surface area contributed by atoms with E-state index in [1.54, 1.807) is 13.0 Å². The molecule has 0 N–H and O–H groups in total. The van der Waals surface area contributed by atoms with Crippen molar-refractivity contribution in [1.82, 2.24) is 4.90 Å². The van der Waals surface area contributed by atoms with Crippen LogP contribution in [0.5, 0.6) is 5.75 Å². The van der Waals surface area contributed by atoms with Gasteiger partial charge in [0.15, 0.2) is 0 Å². The van der Waals surface area contributed by atoms with Gasteiger partial charge >= 0.3 is 6.18 Å². The molecule has 20 heavy (non-hydrogen) atoms. The number of benzene rings is 1. The lowest BCUT2D eigenvalue weighted by atomic mass is 9.90. The normalized spacial score (nSPS) is 17.1. The molecule has 0 aromatic heterocycles. The van der Waals surface area contributed by atoms with Crippen molar-refractivity contribution in [2.75, 3.05) is 26.2 Å². The van der Waals surface area contributed by atoms with E-state index in [9.17, 15) is 17.6 Å². The van der Waals surface area contributed by atoms with Crippen molar-refractivity contribution in [2.45, 2.75) is 19.0 Å². The smallest absolute Gasteiger partial charge is 0.401 e. The minimum atomic E-state index is -4.24. The highest BCUT2D eigenvalue weighted by Gasteiger charge is 2.39. The molecule has 0 unspecified atom stereocenters. The summed E-state index contributed by atoms with van der Waals surface area (Å²) in [6.07, 6.45) is -4.24. The molecule has 1 fully saturated rings. The molecule has 1 aliphatic rings. The molecule has 0 saturated carbocycles. The lowest BCUT2D eigenvalue weighted by Gasteiger charge is -2.40. The van der Waals surface area contributed by atoms with Gasteiger partial charge in [0.1, 0.15) is 11.6 Å². The molecule has 7 heteroatoms. The van der Waals surface area contributed by atoms with Crippen LogP contribution in [0.2, 0.25) is 5.02 Å². The van der Waals surface area contributed by atoms with Gasteiger partial charge in [-0.25, -0.2) is 4.39 Å². The first-order valence-electron chi connectivity index (χ1n) is 6.21. The van der Waals surface area contributed by atoms with Gasteiger partial charge in [-0.3, -0.25) is 4.90 Å². The first kappa shape index (κ1) is 15.4. The zero-order chi connectivity index (χ0) is 14.9. The summed E-state index contributed by atoms with van der Waals surface area (Å²) in [5.74, 6) is -0.571. The average molecular weight is 312 g/mol. The number of alkyl halides is 3. The Hall–Kier alpha value is -1.01. The Morgan fingerprint density at radius 2 is 2.00 bits per heavy atom. The largest absolute Gasteiger partial charge is 0.493 e. The van der Waals surface area contributed by atoms with Gasteiger partial charge in [-0.05, 0) is 19.1 Å². The minimum absolute atomic E-state index is 0.0438. The van der Waals surface area contributed by atoms with E-state index in [1.165, 1.54) is 11.0 Å². The molecule has 2 rings (SSSR count). The zero-order valence-electron chi connectivity index (χ0n) is 10.8. The number of halogens is 5. The van der Waals surface area contributed by atoms with E-state index >= 15 is 0 Å². The maximum absolute atomic E-state index is 14.1. The van der Waals surface area contributed by atoms with Crippen LogP contribution < -0.4 is 4.74 Å². The zero-order valence-corrected chi connectivity index (χ0v) is 11.6. The van der Waals surface area contributed by atoms with Gasteiger partial charge < -0.3 is 4.74 Å². The maximum atomic E-state index is 14.1. The van der Waals surface area contributed by atoms with E-state index in [1.807, 2.05) is 0 Å². The third-order valence-electron chi connectivity index (χ3n) is 3.16. The fourth-order valence-corrected chi connectivity index (χ4v) is 2.51. The number of hydrogen-bond acceptors (Lipinski definition) is 2. The first-order valence-corrected chi connectivity index (χ1v) is 6.59. The fraction of sp³-hybridized carbons (Fsp3) is 0.538. The van der Waals surface area contributed by atoms with Crippen LogP contribution in [0.15, 0.2) is 12.1 Å². The van der Waals surface area contributed by atoms with Crippen molar-refractivity contribution >= 4 is 11.6 Å². The van der Waals surface area contributed by atoms with Crippen molar-refractivity contribution in [3.63, 3.8) is 0 Å². The van der Waals surface area contributed by atoms with Gasteiger partial charge in [0, 0.05) is 24.6 Å². The highest BCUT2D eigenvalue weighted by molar-refractivity contribution is 6.30. The van der Waals surface area contributed by atoms with Gasteiger partial charge in [0.25, 0.3) is 0 Å². The average Bonchev–Trinajstić information content (AvgIpc) is 2.29. The van der Waals surface area contributed by atoms with Crippen LogP contribution in [0.25, 0.3) is 0 Å². The molecular formula is C13H14ClF4NO. The monoisotopic (exact) mass is 311 g/mol. The summed E-state index contributed by atoms with van der Waals surface area (Å²) in [5.41, 5.74) is 0.276. The van der Waals surface area contributed by atoms with E-state index < -0.39 is 18.5 Å². The van der Waals surface area contributed by atoms with Gasteiger partial charge in [-0.2, -0.15) is 13.2 Å². The standard InChI is InChI=1S/C13H14ClF4NO/c1-2-20-10-4-3-9(14)12(15)11(10)8-5-19(6-8)7-13(16,17)18/h3-4,8H,2,5-7H2,1H3. The maximum Gasteiger partial charge on any atom is 0.401 e. The number of ether oxygens (including phenoxy) is 1. The molecule has 0 atom stereocenters. The van der Waals surface area contributed by atoms with Crippen LogP contribution in [0.3, 0.4) is 0 Å². The van der Waals surface area contributed by atoms with Crippen molar-refractivity contribution in [2.24, 2.45) is 0 Å². The highest BCUT2D eigenvalue weighted by atomic mass is 35.5. The molecule has 0 radical (unpaired) electrons. The van der Waals surface area contributed by atoms with Gasteiger partial charge in [-0.15, -0.1) is 0 Å². The van der Waals surface area contributed by atoms with Crippen LogP contribution in [0.4, 0.5) is 17.6 Å². The predicted octanol–water partition coefficient (Wildman–Crippen LogP) is 3.84. The quantitative estimate of drug-likeness (QED) is 0.783. The van der Waals surface area contributed by atoms with Crippen LogP contribution in [-0.2, 0) is 0 Å². The van der Waals surface area contributed by atoms with Gasteiger partial charge in [0.2, 0.25) is 0 Å². The van der Waals surface area contributed by atoms with Crippen molar-refractivity contribution in [3.05, 3.63) is 28.5 Å². The SMILES string of the molecule is CCOc1ccc(Cl)c(F)c1C1CN(CC(F)(F)F)C1. The second-order valence-electron chi connectivity index (χ2n) is 4.71. The Morgan fingerprint density at radius 1 is 1.35 bits per heavy atom. The van der Waals surface area contributed by atoms with E-state index in [2.05, 4.69) is 0 Å². The molecule has 1 aromatic carbocycles. The fourth-order valence-electron chi connectivity index (χ4n) is 2.35. The third kappa shape index (κ3) is 3.35. The van der Waals surface area contributed by atoms with Crippen molar-refractivity contribution in [3.8, 4) is 5.75 Å². The number of rotatable bonds is 4. The summed E-state index contributed by atoms with van der Waals surface area (Å²) in [5, 5.41) is -0.0438. The summed E-state index contributed by atoms with van der Waals surface area (Å²) >= 11 is 5.73. The molecular weight excluding hydrogens is 298 g/mol. The Bertz CT molecular complexity index is 486. The molecule has 0 aliphatic carbocycles. The lowest BCUT2D eigenvalue weighted by molar-refractivity contribution is -0.155. The van der Waals surface area contributed by atoms with Gasteiger partial charge in [0.05, 0.1) is 18.2 Å². The van der Waals surface area contributed by atoms with E-state index in [4.69, 9.17) is 16.3 Å². The first-order chi connectivity index (χ1) is 9.31. The number of nitrogens with zero attached hydrogens (tertiary/aromatic N) is 1. The number of hydrogen-bond donors (Lipinski definition) is 0. The summed E-state index contributed by atoms with van der Waals surface area (Å²) in [7, 11) is 0. The van der Waals surface area contributed by atoms with Gasteiger partial charge in [-0.1, -0.05) is 11.6 Å². The topological polar surface area (TPSA) is 12.5 Å². The van der Waals surface area contributed by atoms with Crippen LogP contribution in [0, 0.1) is 5.82 Å². The van der Waals surface area contributed by atoms with Crippen molar-refractivity contribution in [1.29, 1.82) is 0 Å². The van der Waals surface area contributed by atoms with Crippen LogP contribution in [-0.4, -0.2) is 37.3 Å². The summed E-state index contributed by atoms with van der Waals surface area (Å²) in [6.45, 7) is 1.43. The second kappa shape index (κ2) is 5.77. The Kier molecular flexibility index (Phi) is 4.44. The Morgan fingerprint density at radius 3 is 2.55 bits per heavy atom. The second-order valence-corrected chi connectivity index (χ2v) is 5.12. The highest BCUT2D eigenvalue weighted by Crippen LogP contribution is 2.39. The van der Waals surface area contributed by atoms with Crippen LogP contribution >= 0.6 is 11.6 Å². The minimum Gasteiger partial charge on any atom is -0.493 e.